The molecule has 0 radical (unpaired) electrons. The van der Waals surface area contributed by atoms with E-state index in [1.165, 1.54) is 11.8 Å². The monoisotopic (exact) mass is 694 g/mol. The molecule has 0 aliphatic carbocycles. The Bertz CT molecular complexity index is 2200. The van der Waals surface area contributed by atoms with Gasteiger partial charge in [-0.05, 0) is 79.2 Å². The van der Waals surface area contributed by atoms with Gasteiger partial charge in [0.15, 0.2) is 0 Å². The van der Waals surface area contributed by atoms with Gasteiger partial charge in [0, 0.05) is 44.5 Å². The highest BCUT2D eigenvalue weighted by Gasteiger charge is 2.23. The number of nitrogens with one attached hydrogen (secondary N) is 4. The van der Waals surface area contributed by atoms with Crippen molar-refractivity contribution in [2.24, 2.45) is 0 Å². The third-order valence-electron chi connectivity index (χ3n) is 7.80. The van der Waals surface area contributed by atoms with Crippen molar-refractivity contribution < 1.29 is 23.9 Å². The first-order chi connectivity index (χ1) is 24.9. The predicted molar refractivity (Wildman–Crippen MR) is 201 cm³/mol. The second-order valence-corrected chi connectivity index (χ2v) is 12.5. The van der Waals surface area contributed by atoms with Gasteiger partial charge in [0.25, 0.3) is 11.8 Å². The standard InChI is InChI=1S/C41H34N4O5S/c1-2-50-41(49)29-20-22-31(23-21-29)43-40(48)37(27-12-5-3-6-13-27)51-33-17-11-16-32(25-33)44-39(47)36(45-38(46)28-14-7-4-8-15-28)24-30-26-42-35-19-10-9-18-34(30)35/h3-26,37,42H,2H2,1H3,(H,43,48)(H,44,47)(H,45,46)/b36-24-. The van der Waals surface area contributed by atoms with Crippen molar-refractivity contribution in [3.05, 3.63) is 168 Å². The smallest absolute Gasteiger partial charge is 0.338 e. The van der Waals surface area contributed by atoms with Crippen LogP contribution in [0, 0.1) is 0 Å². The molecule has 5 aromatic carbocycles. The summed E-state index contributed by atoms with van der Waals surface area (Å²) in [6, 6.07) is 39.4. The lowest BCUT2D eigenvalue weighted by molar-refractivity contribution is -0.116. The van der Waals surface area contributed by atoms with Crippen LogP contribution in [0.4, 0.5) is 11.4 Å². The Kier molecular flexibility index (Phi) is 11.0. The molecule has 10 heteroatoms. The lowest BCUT2D eigenvalue weighted by Crippen LogP contribution is -2.30. The molecule has 0 aliphatic rings. The fraction of sp³-hybridized carbons (Fsp3) is 0.0732. The molecule has 6 rings (SSSR count). The number of H-pyrrole nitrogens is 1. The Labute approximate surface area is 299 Å². The largest absolute Gasteiger partial charge is 0.462 e. The van der Waals surface area contributed by atoms with Crippen molar-refractivity contribution in [3.63, 3.8) is 0 Å². The molecule has 6 aromatic rings. The maximum atomic E-state index is 13.8. The SMILES string of the molecule is CCOC(=O)c1ccc(NC(=O)C(Sc2cccc(NC(=O)/C(=C/c3c[nH]c4ccccc34)NC(=O)c3ccccc3)c2)c2ccccc2)cc1. The number of aromatic nitrogens is 1. The van der Waals surface area contributed by atoms with E-state index in [4.69, 9.17) is 4.74 Å². The molecule has 0 bridgehead atoms. The Balaban J connectivity index is 1.22. The number of ether oxygens (including phenoxy) is 1. The Morgan fingerprint density at radius 3 is 2.20 bits per heavy atom. The number of amides is 3. The van der Waals surface area contributed by atoms with Crippen LogP contribution in [0.25, 0.3) is 17.0 Å². The van der Waals surface area contributed by atoms with Crippen LogP contribution < -0.4 is 16.0 Å². The summed E-state index contributed by atoms with van der Waals surface area (Å²) in [4.78, 5) is 56.7. The lowest BCUT2D eigenvalue weighted by atomic mass is 10.1. The highest BCUT2D eigenvalue weighted by atomic mass is 32.2. The minimum absolute atomic E-state index is 0.0576. The number of rotatable bonds is 12. The maximum Gasteiger partial charge on any atom is 0.338 e. The summed E-state index contributed by atoms with van der Waals surface area (Å²) < 4.78 is 5.05. The third kappa shape index (κ3) is 8.80. The van der Waals surface area contributed by atoms with Gasteiger partial charge in [0.05, 0.1) is 12.2 Å². The van der Waals surface area contributed by atoms with Crippen LogP contribution in [0.1, 0.15) is 44.0 Å². The quantitative estimate of drug-likeness (QED) is 0.0581. The first-order valence-electron chi connectivity index (χ1n) is 16.2. The molecule has 1 unspecified atom stereocenters. The molecule has 0 saturated heterocycles. The summed E-state index contributed by atoms with van der Waals surface area (Å²) in [6.45, 7) is 2.01. The summed E-state index contributed by atoms with van der Waals surface area (Å²) >= 11 is 1.32. The van der Waals surface area contributed by atoms with Crippen LogP contribution in [0.15, 0.2) is 150 Å². The molecular weight excluding hydrogens is 661 g/mol. The fourth-order valence-electron chi connectivity index (χ4n) is 5.31. The molecule has 254 valence electrons. The van der Waals surface area contributed by atoms with E-state index in [0.717, 1.165) is 26.9 Å². The van der Waals surface area contributed by atoms with Crippen molar-refractivity contribution in [2.45, 2.75) is 17.1 Å². The first kappa shape index (κ1) is 34.5. The van der Waals surface area contributed by atoms with E-state index in [1.807, 2.05) is 66.7 Å². The van der Waals surface area contributed by atoms with E-state index >= 15 is 0 Å². The third-order valence-corrected chi connectivity index (χ3v) is 9.05. The number of thioether (sulfide) groups is 1. The van der Waals surface area contributed by atoms with E-state index in [2.05, 4.69) is 20.9 Å². The van der Waals surface area contributed by atoms with Crippen molar-refractivity contribution >= 4 is 63.8 Å². The highest BCUT2D eigenvalue weighted by molar-refractivity contribution is 8.00. The van der Waals surface area contributed by atoms with E-state index in [0.29, 0.717) is 22.5 Å². The van der Waals surface area contributed by atoms with Crippen LogP contribution in [0.5, 0.6) is 0 Å². The molecule has 51 heavy (non-hydrogen) atoms. The van der Waals surface area contributed by atoms with E-state index in [9.17, 15) is 19.2 Å². The van der Waals surface area contributed by atoms with Crippen molar-refractivity contribution in [3.8, 4) is 0 Å². The van der Waals surface area contributed by atoms with Crippen LogP contribution in [0.3, 0.4) is 0 Å². The average Bonchev–Trinajstić information content (AvgIpc) is 3.57. The fourth-order valence-corrected chi connectivity index (χ4v) is 6.39. The van der Waals surface area contributed by atoms with E-state index in [-0.39, 0.29) is 18.2 Å². The number of fused-ring (bicyclic) bond motifs is 1. The average molecular weight is 695 g/mol. The van der Waals surface area contributed by atoms with Crippen molar-refractivity contribution in [1.29, 1.82) is 0 Å². The number of carbonyl (C=O) groups is 4. The molecule has 0 fully saturated rings. The molecule has 9 nitrogen and oxygen atoms in total. The van der Waals surface area contributed by atoms with Gasteiger partial charge in [-0.3, -0.25) is 14.4 Å². The van der Waals surface area contributed by atoms with Gasteiger partial charge < -0.3 is 25.7 Å². The molecule has 1 heterocycles. The zero-order valence-electron chi connectivity index (χ0n) is 27.6. The van der Waals surface area contributed by atoms with Gasteiger partial charge in [-0.1, -0.05) is 72.8 Å². The number of hydrogen-bond donors (Lipinski definition) is 4. The lowest BCUT2D eigenvalue weighted by Gasteiger charge is -2.18. The Hall–Kier alpha value is -6.39. The molecule has 0 saturated carbocycles. The minimum atomic E-state index is -0.649. The predicted octanol–water partition coefficient (Wildman–Crippen LogP) is 8.23. The topological polar surface area (TPSA) is 129 Å². The Morgan fingerprint density at radius 2 is 1.45 bits per heavy atom. The zero-order valence-corrected chi connectivity index (χ0v) is 28.4. The number of esters is 1. The number of hydrogen-bond acceptors (Lipinski definition) is 6. The minimum Gasteiger partial charge on any atom is -0.462 e. The van der Waals surface area contributed by atoms with Crippen LogP contribution in [-0.2, 0) is 14.3 Å². The second-order valence-electron chi connectivity index (χ2n) is 11.3. The molecule has 3 amide bonds. The van der Waals surface area contributed by atoms with Gasteiger partial charge in [-0.15, -0.1) is 11.8 Å². The van der Waals surface area contributed by atoms with Gasteiger partial charge in [0.2, 0.25) is 5.91 Å². The van der Waals surface area contributed by atoms with Gasteiger partial charge in [-0.25, -0.2) is 4.79 Å². The summed E-state index contributed by atoms with van der Waals surface area (Å²) in [5.41, 5.74) is 4.28. The highest BCUT2D eigenvalue weighted by Crippen LogP contribution is 2.37. The summed E-state index contributed by atoms with van der Waals surface area (Å²) in [5, 5.41) is 8.92. The van der Waals surface area contributed by atoms with Gasteiger partial charge in [-0.2, -0.15) is 0 Å². The number of anilines is 2. The number of benzene rings is 5. The second kappa shape index (κ2) is 16.3. The summed E-state index contributed by atoms with van der Waals surface area (Å²) in [7, 11) is 0. The first-order valence-corrected chi connectivity index (χ1v) is 17.1. The number of carbonyl (C=O) groups excluding carboxylic acids is 4. The molecule has 4 N–H and O–H groups in total. The van der Waals surface area contributed by atoms with E-state index < -0.39 is 23.0 Å². The molecule has 1 aromatic heterocycles. The maximum absolute atomic E-state index is 13.8. The number of aromatic amines is 1. The zero-order chi connectivity index (χ0) is 35.6. The van der Waals surface area contributed by atoms with Gasteiger partial charge in [0.1, 0.15) is 10.9 Å². The van der Waals surface area contributed by atoms with Crippen LogP contribution in [0.2, 0.25) is 0 Å². The van der Waals surface area contributed by atoms with Crippen molar-refractivity contribution in [2.75, 3.05) is 17.2 Å². The number of para-hydroxylation sites is 1. The molecular formula is C41H34N4O5S. The van der Waals surface area contributed by atoms with Gasteiger partial charge >= 0.3 is 5.97 Å². The molecule has 0 spiro atoms. The molecule has 1 atom stereocenters. The molecule has 0 aliphatic heterocycles. The van der Waals surface area contributed by atoms with Crippen LogP contribution >= 0.6 is 11.8 Å². The van der Waals surface area contributed by atoms with E-state index in [1.54, 1.807) is 85.9 Å². The summed E-state index contributed by atoms with van der Waals surface area (Å²) in [6.07, 6.45) is 3.43. The van der Waals surface area contributed by atoms with Crippen molar-refractivity contribution in [1.82, 2.24) is 10.3 Å². The normalized spacial score (nSPS) is 11.7. The summed E-state index contributed by atoms with van der Waals surface area (Å²) in [5.74, 6) is -1.64. The Morgan fingerprint density at radius 1 is 0.745 bits per heavy atom. The van der Waals surface area contributed by atoms with Crippen LogP contribution in [-0.4, -0.2) is 35.3 Å².